The molecular formula is C12H14N4O2S. The third-order valence-corrected chi connectivity index (χ3v) is 3.74. The minimum absolute atomic E-state index is 0.0337. The van der Waals surface area contributed by atoms with Crippen LogP contribution in [0, 0.1) is 0 Å². The molecule has 100 valence electrons. The number of nitrogens with two attached hydrogens (primary N) is 2. The van der Waals surface area contributed by atoms with Crippen molar-refractivity contribution in [2.24, 2.45) is 16.5 Å². The van der Waals surface area contributed by atoms with Crippen LogP contribution in [0.5, 0.6) is 0 Å². The van der Waals surface area contributed by atoms with Gasteiger partial charge in [0.05, 0.1) is 11.4 Å². The van der Waals surface area contributed by atoms with Crippen LogP contribution in [0.25, 0.3) is 0 Å². The lowest BCUT2D eigenvalue weighted by molar-refractivity contribution is -0.116. The van der Waals surface area contributed by atoms with E-state index in [0.717, 1.165) is 10.6 Å². The molecule has 1 aliphatic rings. The molecule has 0 fully saturated rings. The van der Waals surface area contributed by atoms with Crippen LogP contribution in [0.3, 0.4) is 0 Å². The van der Waals surface area contributed by atoms with Gasteiger partial charge in [-0.2, -0.15) is 4.99 Å². The Labute approximate surface area is 114 Å². The Kier molecular flexibility index (Phi) is 3.75. The van der Waals surface area contributed by atoms with Gasteiger partial charge in [-0.15, -0.1) is 11.8 Å². The van der Waals surface area contributed by atoms with Gasteiger partial charge >= 0.3 is 0 Å². The van der Waals surface area contributed by atoms with E-state index in [2.05, 4.69) is 4.99 Å². The second kappa shape index (κ2) is 5.31. The third kappa shape index (κ3) is 2.70. The van der Waals surface area contributed by atoms with Crippen LogP contribution in [0.2, 0.25) is 0 Å². The number of carbonyl (C=O) groups excluding carboxylic acids is 2. The van der Waals surface area contributed by atoms with Gasteiger partial charge in [-0.25, -0.2) is 0 Å². The summed E-state index contributed by atoms with van der Waals surface area (Å²) in [6, 6.07) is 5.12. The lowest BCUT2D eigenvalue weighted by Crippen LogP contribution is -2.35. The van der Waals surface area contributed by atoms with Gasteiger partial charge in [0.1, 0.15) is 0 Å². The highest BCUT2D eigenvalue weighted by molar-refractivity contribution is 8.00. The van der Waals surface area contributed by atoms with Crippen LogP contribution in [0.15, 0.2) is 28.1 Å². The van der Waals surface area contributed by atoms with Crippen LogP contribution >= 0.6 is 11.8 Å². The second-order valence-corrected chi connectivity index (χ2v) is 4.97. The van der Waals surface area contributed by atoms with Gasteiger partial charge < -0.3 is 16.4 Å². The SMILES string of the molecule is CCN1C(=O)CSc2ccc(C(=O)N=C(N)N)cc21. The largest absolute Gasteiger partial charge is 0.370 e. The number of benzene rings is 1. The topological polar surface area (TPSA) is 102 Å². The van der Waals surface area contributed by atoms with Gasteiger partial charge in [-0.3, -0.25) is 9.59 Å². The Morgan fingerprint density at radius 3 is 2.84 bits per heavy atom. The van der Waals surface area contributed by atoms with E-state index in [4.69, 9.17) is 11.5 Å². The molecule has 4 N–H and O–H groups in total. The third-order valence-electron chi connectivity index (χ3n) is 2.70. The molecule has 0 saturated carbocycles. The molecule has 19 heavy (non-hydrogen) atoms. The first-order valence-electron chi connectivity index (χ1n) is 5.74. The minimum Gasteiger partial charge on any atom is -0.370 e. The number of carbonyl (C=O) groups is 2. The number of thioether (sulfide) groups is 1. The normalized spacial score (nSPS) is 13.9. The van der Waals surface area contributed by atoms with Crippen molar-refractivity contribution in [1.29, 1.82) is 0 Å². The summed E-state index contributed by atoms with van der Waals surface area (Å²) in [7, 11) is 0. The van der Waals surface area contributed by atoms with E-state index in [1.807, 2.05) is 13.0 Å². The Morgan fingerprint density at radius 2 is 2.21 bits per heavy atom. The zero-order valence-electron chi connectivity index (χ0n) is 10.4. The Balaban J connectivity index is 2.42. The fraction of sp³-hybridized carbons (Fsp3) is 0.250. The lowest BCUT2D eigenvalue weighted by Gasteiger charge is -2.28. The zero-order valence-corrected chi connectivity index (χ0v) is 11.2. The Morgan fingerprint density at radius 1 is 1.47 bits per heavy atom. The molecule has 6 nitrogen and oxygen atoms in total. The van der Waals surface area contributed by atoms with Crippen molar-refractivity contribution in [2.45, 2.75) is 11.8 Å². The molecule has 0 aliphatic carbocycles. The molecule has 0 aromatic heterocycles. The summed E-state index contributed by atoms with van der Waals surface area (Å²) in [5.41, 5.74) is 11.5. The number of guanidine groups is 1. The second-order valence-electron chi connectivity index (χ2n) is 3.95. The summed E-state index contributed by atoms with van der Waals surface area (Å²) < 4.78 is 0. The van der Waals surface area contributed by atoms with Crippen molar-refractivity contribution in [2.75, 3.05) is 17.2 Å². The molecule has 0 bridgehead atoms. The maximum Gasteiger partial charge on any atom is 0.280 e. The van der Waals surface area contributed by atoms with Gasteiger partial charge in [0.25, 0.3) is 5.91 Å². The van der Waals surface area contributed by atoms with Crippen LogP contribution in [0.1, 0.15) is 17.3 Å². The zero-order chi connectivity index (χ0) is 14.0. The standard InChI is InChI=1S/C12H14N4O2S/c1-2-16-8-5-7(11(18)15-12(13)14)3-4-9(8)19-6-10(16)17/h3-5H,2,6H2,1H3,(H4,13,14,15,18). The highest BCUT2D eigenvalue weighted by Gasteiger charge is 2.24. The van der Waals surface area contributed by atoms with Gasteiger partial charge in [-0.1, -0.05) is 0 Å². The predicted molar refractivity (Wildman–Crippen MR) is 75.3 cm³/mol. The molecule has 0 unspecified atom stereocenters. The predicted octanol–water partition coefficient (Wildman–Crippen LogP) is 0.559. The molecular weight excluding hydrogens is 264 g/mol. The van der Waals surface area contributed by atoms with E-state index in [9.17, 15) is 9.59 Å². The highest BCUT2D eigenvalue weighted by atomic mass is 32.2. The van der Waals surface area contributed by atoms with E-state index in [1.54, 1.807) is 17.0 Å². The number of hydrogen-bond acceptors (Lipinski definition) is 3. The molecule has 1 aliphatic heterocycles. The number of amides is 2. The number of hydrogen-bond donors (Lipinski definition) is 2. The van der Waals surface area contributed by atoms with Crippen molar-refractivity contribution in [3.05, 3.63) is 23.8 Å². The summed E-state index contributed by atoms with van der Waals surface area (Å²) in [6.45, 7) is 2.45. The fourth-order valence-corrected chi connectivity index (χ4v) is 2.78. The summed E-state index contributed by atoms with van der Waals surface area (Å²) in [6.07, 6.45) is 0. The van der Waals surface area contributed by atoms with Crippen molar-refractivity contribution in [1.82, 2.24) is 0 Å². The number of fused-ring (bicyclic) bond motifs is 1. The van der Waals surface area contributed by atoms with Crippen LogP contribution in [-0.4, -0.2) is 30.1 Å². The molecule has 7 heteroatoms. The summed E-state index contributed by atoms with van der Waals surface area (Å²) in [5.74, 6) is -0.337. The van der Waals surface area contributed by atoms with E-state index < -0.39 is 5.91 Å². The highest BCUT2D eigenvalue weighted by Crippen LogP contribution is 2.35. The van der Waals surface area contributed by atoms with E-state index in [-0.39, 0.29) is 11.9 Å². The van der Waals surface area contributed by atoms with Crippen molar-refractivity contribution in [3.63, 3.8) is 0 Å². The molecule has 0 radical (unpaired) electrons. The first-order valence-corrected chi connectivity index (χ1v) is 6.72. The van der Waals surface area contributed by atoms with Crippen LogP contribution in [-0.2, 0) is 4.79 Å². The van der Waals surface area contributed by atoms with Crippen LogP contribution in [0.4, 0.5) is 5.69 Å². The first kappa shape index (κ1) is 13.4. The van der Waals surface area contributed by atoms with Crippen molar-refractivity contribution in [3.8, 4) is 0 Å². The Bertz CT molecular complexity index is 567. The molecule has 1 aromatic rings. The molecule has 0 spiro atoms. The van der Waals surface area contributed by atoms with Crippen molar-refractivity contribution < 1.29 is 9.59 Å². The number of anilines is 1. The molecule has 0 saturated heterocycles. The van der Waals surface area contributed by atoms with E-state index >= 15 is 0 Å². The average molecular weight is 278 g/mol. The molecule has 1 heterocycles. The molecule has 1 aromatic carbocycles. The molecule has 2 amide bonds. The molecule has 0 atom stereocenters. The molecule has 2 rings (SSSR count). The number of nitrogens with zero attached hydrogens (tertiary/aromatic N) is 2. The average Bonchev–Trinajstić information content (AvgIpc) is 2.37. The Hall–Kier alpha value is -2.02. The van der Waals surface area contributed by atoms with Crippen molar-refractivity contribution >= 4 is 35.2 Å². The first-order chi connectivity index (χ1) is 9.02. The monoisotopic (exact) mass is 278 g/mol. The van der Waals surface area contributed by atoms with Gasteiger partial charge in [0.15, 0.2) is 5.96 Å². The van der Waals surface area contributed by atoms with Gasteiger partial charge in [-0.05, 0) is 25.1 Å². The summed E-state index contributed by atoms with van der Waals surface area (Å²) in [4.78, 5) is 29.7. The minimum atomic E-state index is -0.512. The quantitative estimate of drug-likeness (QED) is 0.608. The summed E-state index contributed by atoms with van der Waals surface area (Å²) >= 11 is 1.46. The van der Waals surface area contributed by atoms with Gasteiger partial charge in [0, 0.05) is 17.0 Å². The maximum absolute atomic E-state index is 11.8. The fourth-order valence-electron chi connectivity index (χ4n) is 1.86. The summed E-state index contributed by atoms with van der Waals surface area (Å²) in [5, 5.41) is 0. The lowest BCUT2D eigenvalue weighted by atomic mass is 10.1. The maximum atomic E-state index is 11.8. The van der Waals surface area contributed by atoms with Gasteiger partial charge in [0.2, 0.25) is 5.91 Å². The number of rotatable bonds is 2. The number of aliphatic imine (C=N–C) groups is 1. The van der Waals surface area contributed by atoms with Crippen LogP contribution < -0.4 is 16.4 Å². The van der Waals surface area contributed by atoms with E-state index in [1.165, 1.54) is 11.8 Å². The smallest absolute Gasteiger partial charge is 0.280 e. The van der Waals surface area contributed by atoms with E-state index in [0.29, 0.717) is 17.9 Å².